The van der Waals surface area contributed by atoms with Gasteiger partial charge >= 0.3 is 0 Å². The highest BCUT2D eigenvalue weighted by molar-refractivity contribution is 7.92. The minimum absolute atomic E-state index is 0.0841. The summed E-state index contributed by atoms with van der Waals surface area (Å²) in [5.74, 6) is -0.105. The van der Waals surface area contributed by atoms with E-state index in [0.29, 0.717) is 11.0 Å². The maximum absolute atomic E-state index is 13.5. The molecule has 0 saturated heterocycles. The van der Waals surface area contributed by atoms with E-state index in [9.17, 15) is 12.8 Å². The van der Waals surface area contributed by atoms with Crippen LogP contribution < -0.4 is 10.0 Å². The van der Waals surface area contributed by atoms with E-state index in [4.69, 9.17) is 11.6 Å². The molecule has 0 radical (unpaired) electrons. The van der Waals surface area contributed by atoms with Crippen LogP contribution in [-0.4, -0.2) is 23.2 Å². The zero-order chi connectivity index (χ0) is 23.0. The van der Waals surface area contributed by atoms with Crippen molar-refractivity contribution >= 4 is 39.2 Å². The van der Waals surface area contributed by atoms with E-state index in [1.165, 1.54) is 24.3 Å². The minimum atomic E-state index is -3.87. The molecule has 0 unspecified atom stereocenters. The molecule has 0 aliphatic carbocycles. The fraction of sp³-hybridized carbons (Fsp3) is 0.0435. The highest BCUT2D eigenvalue weighted by atomic mass is 35.5. The van der Waals surface area contributed by atoms with Crippen LogP contribution >= 0.6 is 11.6 Å². The summed E-state index contributed by atoms with van der Waals surface area (Å²) in [6.45, 7) is 0. The van der Waals surface area contributed by atoms with Gasteiger partial charge in [0.25, 0.3) is 16.0 Å². The fourth-order valence-corrected chi connectivity index (χ4v) is 4.60. The van der Waals surface area contributed by atoms with Crippen molar-refractivity contribution in [1.82, 2.24) is 14.8 Å². The number of nitrogens with one attached hydrogen (secondary N) is 2. The lowest BCUT2D eigenvalue weighted by Crippen LogP contribution is -2.20. The molecule has 10 heteroatoms. The average Bonchev–Trinajstić information content (AvgIpc) is 3.22. The predicted octanol–water partition coefficient (Wildman–Crippen LogP) is 4.93. The second-order valence-electron chi connectivity index (χ2n) is 7.33. The predicted molar refractivity (Wildman–Crippen MR) is 125 cm³/mol. The number of nitrogens with zero attached hydrogens (tertiary/aromatic N) is 3. The van der Waals surface area contributed by atoms with Gasteiger partial charge in [-0.15, -0.1) is 5.10 Å². The van der Waals surface area contributed by atoms with Gasteiger partial charge in [0, 0.05) is 10.7 Å². The zero-order valence-corrected chi connectivity index (χ0v) is 18.6. The van der Waals surface area contributed by atoms with Crippen LogP contribution in [0.15, 0.2) is 89.8 Å². The van der Waals surface area contributed by atoms with Crippen molar-refractivity contribution < 1.29 is 12.8 Å². The summed E-state index contributed by atoms with van der Waals surface area (Å²) in [6, 6.07) is 20.8. The third-order valence-corrected chi connectivity index (χ3v) is 6.71. The maximum Gasteiger partial charge on any atom is 0.264 e. The monoisotopic (exact) mass is 481 g/mol. The number of hydrogen-bond acceptors (Lipinski definition) is 5. The van der Waals surface area contributed by atoms with E-state index >= 15 is 0 Å². The van der Waals surface area contributed by atoms with Gasteiger partial charge in [0.05, 0.1) is 4.90 Å². The van der Waals surface area contributed by atoms with Crippen LogP contribution in [0.25, 0.3) is 5.70 Å². The first kappa shape index (κ1) is 21.2. The van der Waals surface area contributed by atoms with E-state index in [1.54, 1.807) is 47.1 Å². The standard InChI is InChI=1S/C23H17ClFN5O2S/c24-17-10-6-15(7-11-17)20-14-21(16-8-12-18(25)13-9-16)30-23(26-20)27-22(28-30)29-33(31,32)19-4-2-1-3-5-19/h1-14,21H,(H2,26,27,28,29)/t21-/m0/s1. The van der Waals surface area contributed by atoms with Crippen molar-refractivity contribution in [3.8, 4) is 0 Å². The van der Waals surface area contributed by atoms with Crippen molar-refractivity contribution in [2.75, 3.05) is 10.0 Å². The highest BCUT2D eigenvalue weighted by Gasteiger charge is 2.27. The first-order valence-corrected chi connectivity index (χ1v) is 11.8. The Kier molecular flexibility index (Phi) is 5.35. The number of rotatable bonds is 5. The van der Waals surface area contributed by atoms with Crippen LogP contribution in [0.5, 0.6) is 0 Å². The molecule has 0 spiro atoms. The number of allylic oxidation sites excluding steroid dienone is 1. The number of aromatic nitrogens is 3. The van der Waals surface area contributed by atoms with E-state index in [1.807, 2.05) is 18.2 Å². The Morgan fingerprint density at radius 2 is 1.67 bits per heavy atom. The number of fused-ring (bicyclic) bond motifs is 1. The molecule has 0 saturated carbocycles. The van der Waals surface area contributed by atoms with Gasteiger partial charge in [0.15, 0.2) is 0 Å². The van der Waals surface area contributed by atoms with E-state index in [-0.39, 0.29) is 16.7 Å². The third-order valence-electron chi connectivity index (χ3n) is 5.11. The fourth-order valence-electron chi connectivity index (χ4n) is 3.51. The molecule has 166 valence electrons. The van der Waals surface area contributed by atoms with Crippen molar-refractivity contribution in [1.29, 1.82) is 0 Å². The molecule has 5 rings (SSSR count). The Labute approximate surface area is 194 Å². The Bertz CT molecular complexity index is 1440. The quantitative estimate of drug-likeness (QED) is 0.422. The summed E-state index contributed by atoms with van der Waals surface area (Å²) < 4.78 is 43.0. The Hall–Kier alpha value is -3.69. The topological polar surface area (TPSA) is 88.9 Å². The number of halogens is 2. The Balaban J connectivity index is 1.54. The second-order valence-corrected chi connectivity index (χ2v) is 9.45. The summed E-state index contributed by atoms with van der Waals surface area (Å²) >= 11 is 6.02. The first-order valence-electron chi connectivity index (χ1n) is 9.94. The molecule has 0 fully saturated rings. The molecule has 2 heterocycles. The summed E-state index contributed by atoms with van der Waals surface area (Å²) in [7, 11) is -3.87. The zero-order valence-electron chi connectivity index (χ0n) is 17.0. The van der Waals surface area contributed by atoms with Gasteiger partial charge in [-0.2, -0.15) is 4.98 Å². The van der Waals surface area contributed by atoms with Crippen molar-refractivity contribution in [3.05, 3.63) is 107 Å². The summed E-state index contributed by atoms with van der Waals surface area (Å²) in [5, 5.41) is 8.17. The molecule has 1 aliphatic heterocycles. The number of sulfonamides is 1. The molecule has 0 bridgehead atoms. The highest BCUT2D eigenvalue weighted by Crippen LogP contribution is 2.34. The van der Waals surface area contributed by atoms with Crippen LogP contribution in [0, 0.1) is 5.82 Å². The van der Waals surface area contributed by atoms with Gasteiger partial charge in [0.2, 0.25) is 5.95 Å². The molecule has 2 N–H and O–H groups in total. The minimum Gasteiger partial charge on any atom is -0.324 e. The number of hydrogen-bond donors (Lipinski definition) is 2. The van der Waals surface area contributed by atoms with Crippen LogP contribution in [0.2, 0.25) is 5.02 Å². The molecule has 1 aromatic heterocycles. The van der Waals surface area contributed by atoms with Gasteiger partial charge in [-0.05, 0) is 53.6 Å². The summed E-state index contributed by atoms with van der Waals surface area (Å²) in [5.41, 5.74) is 2.35. The molecule has 4 aromatic rings. The van der Waals surface area contributed by atoms with E-state index in [2.05, 4.69) is 20.1 Å². The van der Waals surface area contributed by atoms with Crippen LogP contribution in [0.3, 0.4) is 0 Å². The Morgan fingerprint density at radius 1 is 0.970 bits per heavy atom. The van der Waals surface area contributed by atoms with Crippen LogP contribution in [0.1, 0.15) is 17.2 Å². The molecular weight excluding hydrogens is 465 g/mol. The number of anilines is 2. The number of benzene rings is 3. The third kappa shape index (κ3) is 4.33. The van der Waals surface area contributed by atoms with Gasteiger partial charge in [-0.3, -0.25) is 0 Å². The lowest BCUT2D eigenvalue weighted by Gasteiger charge is -2.24. The lowest BCUT2D eigenvalue weighted by molar-refractivity contribution is 0.597. The second kappa shape index (κ2) is 8.34. The van der Waals surface area contributed by atoms with Gasteiger partial charge in [0.1, 0.15) is 11.9 Å². The van der Waals surface area contributed by atoms with Crippen molar-refractivity contribution in [3.63, 3.8) is 0 Å². The largest absolute Gasteiger partial charge is 0.324 e. The molecular formula is C23H17ClFN5O2S. The van der Waals surface area contributed by atoms with E-state index < -0.39 is 16.1 Å². The summed E-state index contributed by atoms with van der Waals surface area (Å²) in [6.07, 6.45) is 1.91. The SMILES string of the molecule is O=S(=O)(Nc1nc2n(n1)[C@H](c1ccc(F)cc1)C=C(c1ccc(Cl)cc1)N2)c1ccccc1. The normalized spacial score (nSPS) is 15.3. The van der Waals surface area contributed by atoms with Gasteiger partial charge in [-0.1, -0.05) is 54.1 Å². The maximum atomic E-state index is 13.5. The molecule has 0 amide bonds. The van der Waals surface area contributed by atoms with Gasteiger partial charge < -0.3 is 5.32 Å². The molecule has 3 aromatic carbocycles. The van der Waals surface area contributed by atoms with Crippen LogP contribution in [-0.2, 0) is 10.0 Å². The Morgan fingerprint density at radius 3 is 2.36 bits per heavy atom. The molecule has 7 nitrogen and oxygen atoms in total. The van der Waals surface area contributed by atoms with Crippen molar-refractivity contribution in [2.24, 2.45) is 0 Å². The average molecular weight is 482 g/mol. The lowest BCUT2D eigenvalue weighted by atomic mass is 10.0. The summed E-state index contributed by atoms with van der Waals surface area (Å²) in [4.78, 5) is 4.46. The molecule has 33 heavy (non-hydrogen) atoms. The first-order chi connectivity index (χ1) is 15.9. The molecule has 1 aliphatic rings. The van der Waals surface area contributed by atoms with Crippen molar-refractivity contribution in [2.45, 2.75) is 10.9 Å². The van der Waals surface area contributed by atoms with Gasteiger partial charge in [-0.25, -0.2) is 22.2 Å². The molecule has 1 atom stereocenters. The smallest absolute Gasteiger partial charge is 0.264 e. The van der Waals surface area contributed by atoms with Crippen LogP contribution in [0.4, 0.5) is 16.3 Å². The van der Waals surface area contributed by atoms with E-state index in [0.717, 1.165) is 16.8 Å².